The van der Waals surface area contributed by atoms with E-state index in [1.165, 1.54) is 25.8 Å². The van der Waals surface area contributed by atoms with Crippen LogP contribution >= 0.6 is 0 Å². The van der Waals surface area contributed by atoms with Crippen molar-refractivity contribution in [1.82, 2.24) is 10.2 Å². The first-order valence-electron chi connectivity index (χ1n) is 7.01. The molecule has 88 valence electrons. The van der Waals surface area contributed by atoms with Crippen molar-refractivity contribution in [2.75, 3.05) is 13.1 Å². The molecule has 5 aliphatic rings. The molecule has 4 bridgehead atoms. The Labute approximate surface area is 98.1 Å². The Kier molecular flexibility index (Phi) is 1.86. The van der Waals surface area contributed by atoms with Crippen LogP contribution in [-0.4, -0.2) is 23.5 Å². The van der Waals surface area contributed by atoms with Crippen molar-refractivity contribution in [2.45, 2.75) is 44.1 Å². The summed E-state index contributed by atoms with van der Waals surface area (Å²) in [4.78, 5) is 2.69. The van der Waals surface area contributed by atoms with Crippen LogP contribution in [0.25, 0.3) is 0 Å². The summed E-state index contributed by atoms with van der Waals surface area (Å²) in [6, 6.07) is 0. The SMILES string of the molecule is C1=CN(C23CC4CC(CC(C4)C2)C3)CCN1. The predicted molar refractivity (Wildman–Crippen MR) is 64.8 cm³/mol. The third kappa shape index (κ3) is 1.25. The van der Waals surface area contributed by atoms with Crippen molar-refractivity contribution in [3.63, 3.8) is 0 Å². The van der Waals surface area contributed by atoms with E-state index in [0.717, 1.165) is 24.3 Å². The fourth-order valence-corrected chi connectivity index (χ4v) is 5.30. The van der Waals surface area contributed by atoms with Crippen LogP contribution in [-0.2, 0) is 0 Å². The number of nitrogens with zero attached hydrogens (tertiary/aromatic N) is 1. The van der Waals surface area contributed by atoms with E-state index in [9.17, 15) is 0 Å². The average Bonchev–Trinajstić information content (AvgIpc) is 2.28. The Morgan fingerprint density at radius 3 is 2.12 bits per heavy atom. The van der Waals surface area contributed by atoms with Crippen LogP contribution in [0, 0.1) is 17.8 Å². The first-order valence-corrected chi connectivity index (χ1v) is 7.01. The van der Waals surface area contributed by atoms with E-state index < -0.39 is 0 Å². The van der Waals surface area contributed by atoms with E-state index in [1.54, 1.807) is 19.3 Å². The summed E-state index contributed by atoms with van der Waals surface area (Å²) in [7, 11) is 0. The number of nitrogens with one attached hydrogen (secondary N) is 1. The zero-order chi connectivity index (χ0) is 10.6. The Morgan fingerprint density at radius 1 is 1.00 bits per heavy atom. The molecule has 2 heteroatoms. The molecule has 1 N–H and O–H groups in total. The molecule has 2 nitrogen and oxygen atoms in total. The van der Waals surface area contributed by atoms with Gasteiger partial charge in [0.25, 0.3) is 0 Å². The molecule has 4 saturated carbocycles. The maximum Gasteiger partial charge on any atom is 0.0406 e. The van der Waals surface area contributed by atoms with Crippen molar-refractivity contribution in [1.29, 1.82) is 0 Å². The number of hydrogen-bond donors (Lipinski definition) is 1. The standard InChI is InChI=1S/C14H22N2/c1-3-16(4-2-15-1)14-8-11-5-12(9-14)7-13(6-11)10-14/h1,3,11-13,15H,2,4-10H2. The van der Waals surface area contributed by atoms with Gasteiger partial charge in [0, 0.05) is 31.0 Å². The third-order valence-corrected chi connectivity index (χ3v) is 5.48. The van der Waals surface area contributed by atoms with E-state index in [0.29, 0.717) is 5.54 Å². The van der Waals surface area contributed by atoms with Gasteiger partial charge in [-0.25, -0.2) is 0 Å². The fourth-order valence-electron chi connectivity index (χ4n) is 5.30. The van der Waals surface area contributed by atoms with Crippen LogP contribution in [0.1, 0.15) is 38.5 Å². The monoisotopic (exact) mass is 218 g/mol. The first kappa shape index (κ1) is 9.38. The summed E-state index contributed by atoms with van der Waals surface area (Å²) in [5.41, 5.74) is 0.577. The van der Waals surface area contributed by atoms with Gasteiger partial charge in [0.1, 0.15) is 0 Å². The van der Waals surface area contributed by atoms with E-state index in [4.69, 9.17) is 0 Å². The average molecular weight is 218 g/mol. The van der Waals surface area contributed by atoms with E-state index in [2.05, 4.69) is 22.6 Å². The van der Waals surface area contributed by atoms with Crippen LogP contribution < -0.4 is 5.32 Å². The Bertz CT molecular complexity index is 285. The molecule has 0 atom stereocenters. The molecule has 1 aliphatic heterocycles. The van der Waals surface area contributed by atoms with Gasteiger partial charge < -0.3 is 10.2 Å². The highest BCUT2D eigenvalue weighted by molar-refractivity contribution is 5.10. The van der Waals surface area contributed by atoms with Crippen molar-refractivity contribution in [3.05, 3.63) is 12.4 Å². The second-order valence-corrected chi connectivity index (χ2v) is 6.61. The Morgan fingerprint density at radius 2 is 1.62 bits per heavy atom. The van der Waals surface area contributed by atoms with E-state index in [-0.39, 0.29) is 0 Å². The summed E-state index contributed by atoms with van der Waals surface area (Å²) in [5.74, 6) is 3.19. The summed E-state index contributed by atoms with van der Waals surface area (Å²) in [6.45, 7) is 2.36. The van der Waals surface area contributed by atoms with E-state index in [1.807, 2.05) is 0 Å². The molecule has 0 spiro atoms. The highest BCUT2D eigenvalue weighted by atomic mass is 15.2. The van der Waals surface area contributed by atoms with Crippen LogP contribution in [0.15, 0.2) is 12.4 Å². The second-order valence-electron chi connectivity index (χ2n) is 6.61. The second kappa shape index (κ2) is 3.18. The van der Waals surface area contributed by atoms with Crippen LogP contribution in [0.3, 0.4) is 0 Å². The Hall–Kier alpha value is -0.660. The van der Waals surface area contributed by atoms with E-state index >= 15 is 0 Å². The van der Waals surface area contributed by atoms with Crippen molar-refractivity contribution < 1.29 is 0 Å². The molecule has 1 heterocycles. The summed E-state index contributed by atoms with van der Waals surface area (Å²) < 4.78 is 0. The van der Waals surface area contributed by atoms with Gasteiger partial charge in [-0.05, 0) is 56.3 Å². The molecule has 0 aromatic carbocycles. The molecule has 0 saturated heterocycles. The summed E-state index contributed by atoms with van der Waals surface area (Å²) in [5, 5.41) is 3.32. The molecule has 4 fully saturated rings. The molecule has 0 radical (unpaired) electrons. The molecule has 0 aromatic heterocycles. The van der Waals surface area contributed by atoms with Crippen LogP contribution in [0.2, 0.25) is 0 Å². The van der Waals surface area contributed by atoms with Gasteiger partial charge in [0.15, 0.2) is 0 Å². The largest absolute Gasteiger partial charge is 0.388 e. The minimum Gasteiger partial charge on any atom is -0.388 e. The van der Waals surface area contributed by atoms with Gasteiger partial charge in [-0.15, -0.1) is 0 Å². The van der Waals surface area contributed by atoms with Gasteiger partial charge in [-0.3, -0.25) is 0 Å². The van der Waals surface area contributed by atoms with Gasteiger partial charge in [0.2, 0.25) is 0 Å². The zero-order valence-electron chi connectivity index (χ0n) is 9.99. The van der Waals surface area contributed by atoms with Crippen LogP contribution in [0.4, 0.5) is 0 Å². The molecular weight excluding hydrogens is 196 g/mol. The lowest BCUT2D eigenvalue weighted by atomic mass is 9.52. The lowest BCUT2D eigenvalue weighted by molar-refractivity contribution is -0.0713. The zero-order valence-corrected chi connectivity index (χ0v) is 9.99. The predicted octanol–water partition coefficient (Wildman–Crippen LogP) is 2.33. The number of hydrogen-bond acceptors (Lipinski definition) is 2. The smallest absolute Gasteiger partial charge is 0.0406 e. The molecule has 16 heavy (non-hydrogen) atoms. The Balaban J connectivity index is 1.65. The lowest BCUT2D eigenvalue weighted by Gasteiger charge is -2.60. The van der Waals surface area contributed by atoms with Gasteiger partial charge in [-0.2, -0.15) is 0 Å². The minimum atomic E-state index is 0.577. The molecule has 4 aliphatic carbocycles. The van der Waals surface area contributed by atoms with Crippen molar-refractivity contribution >= 4 is 0 Å². The minimum absolute atomic E-state index is 0.577. The van der Waals surface area contributed by atoms with Crippen LogP contribution in [0.5, 0.6) is 0 Å². The molecule has 0 amide bonds. The van der Waals surface area contributed by atoms with Crippen molar-refractivity contribution in [2.24, 2.45) is 17.8 Å². The quantitative estimate of drug-likeness (QED) is 0.726. The van der Waals surface area contributed by atoms with Gasteiger partial charge in [0.05, 0.1) is 0 Å². The molecule has 5 rings (SSSR count). The van der Waals surface area contributed by atoms with Crippen molar-refractivity contribution in [3.8, 4) is 0 Å². The highest BCUT2D eigenvalue weighted by Gasteiger charge is 2.52. The maximum absolute atomic E-state index is 3.32. The van der Waals surface area contributed by atoms with Gasteiger partial charge in [-0.1, -0.05) is 0 Å². The fraction of sp³-hybridized carbons (Fsp3) is 0.857. The first-order chi connectivity index (χ1) is 7.84. The normalized spacial score (nSPS) is 49.5. The lowest BCUT2D eigenvalue weighted by Crippen LogP contribution is -2.59. The van der Waals surface area contributed by atoms with Gasteiger partial charge >= 0.3 is 0 Å². The maximum atomic E-state index is 3.32. The number of rotatable bonds is 1. The molecule has 0 aromatic rings. The molecular formula is C14H22N2. The topological polar surface area (TPSA) is 15.3 Å². The molecule has 0 unspecified atom stereocenters. The summed E-state index contributed by atoms with van der Waals surface area (Å²) >= 11 is 0. The highest BCUT2D eigenvalue weighted by Crippen LogP contribution is 2.57. The third-order valence-electron chi connectivity index (χ3n) is 5.48. The summed E-state index contributed by atoms with van der Waals surface area (Å²) in [6.07, 6.45) is 13.6.